The maximum atomic E-state index is 15.4. The lowest BCUT2D eigenvalue weighted by atomic mass is 9.92. The van der Waals surface area contributed by atoms with Crippen LogP contribution in [0.1, 0.15) is 254 Å². The lowest BCUT2D eigenvalue weighted by molar-refractivity contribution is -0.123. The number of hydrogen-bond acceptors (Lipinski definition) is 4. The monoisotopic (exact) mass is 1010 g/mol. The molecule has 0 saturated carbocycles. The quantitative estimate of drug-likeness (QED) is 0.0517. The Morgan fingerprint density at radius 3 is 0.922 bits per heavy atom. The van der Waals surface area contributed by atoms with E-state index < -0.39 is 0 Å². The highest BCUT2D eigenvalue weighted by Gasteiger charge is 2.48. The lowest BCUT2D eigenvalue weighted by Gasteiger charge is -2.29. The van der Waals surface area contributed by atoms with Crippen LogP contribution < -0.4 is 9.80 Å². The van der Waals surface area contributed by atoms with Crippen molar-refractivity contribution in [1.82, 2.24) is 0 Å². The summed E-state index contributed by atoms with van der Waals surface area (Å²) in [6.07, 6.45) is 35.4. The van der Waals surface area contributed by atoms with E-state index in [1.807, 2.05) is 24.3 Å². The minimum absolute atomic E-state index is 0.0398. The third-order valence-electron chi connectivity index (χ3n) is 13.8. The van der Waals surface area contributed by atoms with Gasteiger partial charge in [0.1, 0.15) is 11.4 Å². The highest BCUT2D eigenvalue weighted by Crippen LogP contribution is 2.46. The number of fused-ring (bicyclic) bond motifs is 2. The number of unbranched alkanes of at least 4 members (excludes halogenated alkanes) is 24. The van der Waals surface area contributed by atoms with Gasteiger partial charge in [-0.05, 0) is 62.1 Å². The molecule has 0 spiro atoms. The molecule has 0 aliphatic carbocycles. The third-order valence-corrected chi connectivity index (χ3v) is 14.7. The van der Waals surface area contributed by atoms with Gasteiger partial charge >= 0.3 is 0 Å². The summed E-state index contributed by atoms with van der Waals surface area (Å²) in [5, 5.41) is 0. The van der Waals surface area contributed by atoms with Crippen LogP contribution in [0.4, 0.5) is 11.4 Å². The second kappa shape index (κ2) is 30.7. The summed E-state index contributed by atoms with van der Waals surface area (Å²) in [6.45, 7) is 8.95. The predicted molar refractivity (Wildman–Crippen MR) is 276 cm³/mol. The Morgan fingerprint density at radius 2 is 0.656 bits per heavy atom. The molecule has 0 radical (unpaired) electrons. The van der Waals surface area contributed by atoms with Crippen molar-refractivity contribution >= 4 is 66.6 Å². The molecule has 2 aromatic rings. The van der Waals surface area contributed by atoms with E-state index in [1.54, 1.807) is 21.9 Å². The van der Waals surface area contributed by atoms with Crippen LogP contribution in [0.2, 0.25) is 0 Å². The van der Waals surface area contributed by atoms with Crippen LogP contribution in [-0.4, -0.2) is 23.4 Å². The molecule has 2 heterocycles. The van der Waals surface area contributed by atoms with Crippen LogP contribution in [0, 0.1) is 11.8 Å². The molecule has 2 amide bonds. The van der Waals surface area contributed by atoms with Gasteiger partial charge in [0.2, 0.25) is 23.4 Å². The van der Waals surface area contributed by atoms with E-state index in [1.165, 1.54) is 103 Å². The molecule has 0 fully saturated rings. The highest BCUT2D eigenvalue weighted by atomic mass is 79.9. The molecule has 2 aliphatic rings. The van der Waals surface area contributed by atoms with Crippen molar-refractivity contribution in [2.75, 3.05) is 9.80 Å². The van der Waals surface area contributed by atoms with Crippen LogP contribution in [0.15, 0.2) is 56.7 Å². The summed E-state index contributed by atoms with van der Waals surface area (Å²) in [4.78, 5) is 63.9. The van der Waals surface area contributed by atoms with Crippen LogP contribution in [0.25, 0.3) is 0 Å². The number of carbonyl (C=O) groups excluding carboxylic acids is 4. The predicted octanol–water partition coefficient (Wildman–Crippen LogP) is 18.0. The average molecular weight is 1010 g/mol. The van der Waals surface area contributed by atoms with E-state index in [9.17, 15) is 9.59 Å². The second-order valence-electron chi connectivity index (χ2n) is 19.1. The van der Waals surface area contributed by atoms with Crippen molar-refractivity contribution in [3.8, 4) is 0 Å². The fraction of sp³-hybridized carbons (Fsp3) is 0.679. The Hall–Kier alpha value is -2.58. The third kappa shape index (κ3) is 16.3. The molecule has 356 valence electrons. The molecule has 8 heteroatoms. The smallest absolute Gasteiger partial charge is 0.234 e. The Morgan fingerprint density at radius 1 is 0.406 bits per heavy atom. The van der Waals surface area contributed by atoms with E-state index in [0.29, 0.717) is 22.5 Å². The Labute approximate surface area is 406 Å². The highest BCUT2D eigenvalue weighted by molar-refractivity contribution is 9.10. The SMILES string of the molecule is CCCCCCCCCCC(CCCCCCCC)C(=O)N1/C(=C2\C(=O)c3ccc(Br)cc3N2C(=O)C(CCCCCCCC)CCCCCCCCCC)C(=O)c2ccc(Br)cc21. The summed E-state index contributed by atoms with van der Waals surface area (Å²) in [6, 6.07) is 10.9. The topological polar surface area (TPSA) is 74.8 Å². The maximum absolute atomic E-state index is 15.4. The summed E-state index contributed by atoms with van der Waals surface area (Å²) >= 11 is 7.29. The van der Waals surface area contributed by atoms with Gasteiger partial charge in [-0.25, -0.2) is 0 Å². The molecule has 0 saturated heterocycles. The van der Waals surface area contributed by atoms with Gasteiger partial charge in [0.25, 0.3) is 0 Å². The van der Waals surface area contributed by atoms with E-state index >= 15 is 9.59 Å². The normalized spacial score (nSPS) is 15.6. The number of Topliss-reactive ketones (excluding diaryl/α,β-unsaturated/α-hetero) is 2. The first-order valence-electron chi connectivity index (χ1n) is 26.3. The van der Waals surface area contributed by atoms with Crippen molar-refractivity contribution < 1.29 is 19.2 Å². The van der Waals surface area contributed by atoms with Crippen LogP contribution in [-0.2, 0) is 9.59 Å². The van der Waals surface area contributed by atoms with E-state index in [2.05, 4.69) is 59.6 Å². The van der Waals surface area contributed by atoms with Crippen LogP contribution in [0.5, 0.6) is 0 Å². The molecular formula is C56H84Br2N2O4. The van der Waals surface area contributed by atoms with Gasteiger partial charge in [0.15, 0.2) is 0 Å². The van der Waals surface area contributed by atoms with Gasteiger partial charge < -0.3 is 0 Å². The molecule has 64 heavy (non-hydrogen) atoms. The Balaban J connectivity index is 1.74. The van der Waals surface area contributed by atoms with Gasteiger partial charge in [-0.2, -0.15) is 0 Å². The number of halogens is 2. The largest absolute Gasteiger partial charge is 0.287 e. The van der Waals surface area contributed by atoms with E-state index in [0.717, 1.165) is 112 Å². The average Bonchev–Trinajstić information content (AvgIpc) is 3.73. The number of allylic oxidation sites excluding steroid dienone is 2. The van der Waals surface area contributed by atoms with Gasteiger partial charge in [-0.15, -0.1) is 0 Å². The molecule has 2 atom stereocenters. The van der Waals surface area contributed by atoms with Crippen molar-refractivity contribution in [3.63, 3.8) is 0 Å². The number of amides is 2. The van der Waals surface area contributed by atoms with E-state index in [-0.39, 0.29) is 46.6 Å². The first kappa shape index (κ1) is 54.0. The van der Waals surface area contributed by atoms with Crippen molar-refractivity contribution in [2.45, 2.75) is 233 Å². The minimum Gasteiger partial charge on any atom is -0.287 e. The Kier molecular flexibility index (Phi) is 25.9. The number of benzene rings is 2. The Bertz CT molecular complexity index is 1660. The molecule has 6 nitrogen and oxygen atoms in total. The van der Waals surface area contributed by atoms with Gasteiger partial charge in [0.05, 0.1) is 11.4 Å². The number of rotatable bonds is 34. The number of hydrogen-bond donors (Lipinski definition) is 0. The van der Waals surface area contributed by atoms with Crippen LogP contribution in [0.3, 0.4) is 0 Å². The minimum atomic E-state index is -0.371. The van der Waals surface area contributed by atoms with Crippen molar-refractivity contribution in [3.05, 3.63) is 67.9 Å². The zero-order valence-corrected chi connectivity index (χ0v) is 43.7. The first-order chi connectivity index (χ1) is 31.2. The van der Waals surface area contributed by atoms with Crippen molar-refractivity contribution in [1.29, 1.82) is 0 Å². The zero-order chi connectivity index (χ0) is 46.1. The maximum Gasteiger partial charge on any atom is 0.234 e. The number of anilines is 2. The number of carbonyl (C=O) groups is 4. The molecule has 0 aromatic heterocycles. The summed E-state index contributed by atoms with van der Waals surface area (Å²) in [7, 11) is 0. The second-order valence-corrected chi connectivity index (χ2v) is 20.9. The molecular weight excluding hydrogens is 924 g/mol. The summed E-state index contributed by atoms with van der Waals surface area (Å²) in [5.41, 5.74) is 1.86. The number of nitrogens with zero attached hydrogens (tertiary/aromatic N) is 2. The zero-order valence-electron chi connectivity index (χ0n) is 40.5. The molecule has 4 rings (SSSR count). The van der Waals surface area contributed by atoms with Crippen molar-refractivity contribution in [2.24, 2.45) is 11.8 Å². The molecule has 2 aliphatic heterocycles. The number of ketones is 2. The summed E-state index contributed by atoms with van der Waals surface area (Å²) in [5.74, 6) is -1.62. The molecule has 0 N–H and O–H groups in total. The molecule has 2 unspecified atom stereocenters. The van der Waals surface area contributed by atoms with Gasteiger partial charge in [-0.1, -0.05) is 239 Å². The summed E-state index contributed by atoms with van der Waals surface area (Å²) < 4.78 is 1.50. The lowest BCUT2D eigenvalue weighted by Crippen LogP contribution is -2.41. The van der Waals surface area contributed by atoms with Gasteiger partial charge in [-0.3, -0.25) is 29.0 Å². The van der Waals surface area contributed by atoms with Gasteiger partial charge in [0, 0.05) is 31.9 Å². The molecule has 2 aromatic carbocycles. The standard InChI is InChI=1S/C56H84Br2N2O4/c1-5-9-13-17-21-23-27-31-35-43(33-29-25-19-15-11-7-3)55(63)59-49-41-45(57)37-39-47(49)53(61)51(59)52-54(62)48-40-38-46(58)42-50(48)60(52)56(64)44(34-30-26-20-16-12-8-4)36-32-28-24-22-18-14-10-6-2/h37-44H,5-36H2,1-4H3/b52-51+. The van der Waals surface area contributed by atoms with E-state index in [4.69, 9.17) is 0 Å². The fourth-order valence-electron chi connectivity index (χ4n) is 9.89. The fourth-order valence-corrected chi connectivity index (χ4v) is 10.6. The molecule has 0 bridgehead atoms. The van der Waals surface area contributed by atoms with Crippen LogP contribution >= 0.6 is 31.9 Å². The first-order valence-corrected chi connectivity index (χ1v) is 27.9.